The van der Waals surface area contributed by atoms with E-state index in [-0.39, 0.29) is 18.7 Å². The van der Waals surface area contributed by atoms with Crippen molar-refractivity contribution in [3.63, 3.8) is 0 Å². The van der Waals surface area contributed by atoms with Crippen LogP contribution in [0.2, 0.25) is 0 Å². The predicted octanol–water partition coefficient (Wildman–Crippen LogP) is 6.76. The number of pyridine rings is 1. The second-order valence-corrected chi connectivity index (χ2v) is 7.96. The highest BCUT2D eigenvalue weighted by atomic mass is 16.6. The minimum absolute atomic E-state index is 0.155. The maximum Gasteiger partial charge on any atom is 0.305 e. The lowest BCUT2D eigenvalue weighted by molar-refractivity contribution is -0.145. The summed E-state index contributed by atoms with van der Waals surface area (Å²) in [5, 5.41) is 0. The van der Waals surface area contributed by atoms with E-state index in [1.807, 2.05) is 37.4 Å². The molecule has 2 aromatic rings. The molecule has 0 saturated carbocycles. The van der Waals surface area contributed by atoms with Gasteiger partial charge in [-0.1, -0.05) is 52.0 Å². The van der Waals surface area contributed by atoms with Crippen LogP contribution in [-0.4, -0.2) is 23.7 Å². The number of unbranched alkanes of at least 4 members (excludes halogenated alkanes) is 5. The molecular formula is C26H37NO3. The van der Waals surface area contributed by atoms with E-state index in [0.717, 1.165) is 36.3 Å². The van der Waals surface area contributed by atoms with E-state index in [1.54, 1.807) is 0 Å². The van der Waals surface area contributed by atoms with E-state index in [2.05, 4.69) is 31.0 Å². The van der Waals surface area contributed by atoms with Gasteiger partial charge in [0.15, 0.2) is 0 Å². The van der Waals surface area contributed by atoms with Gasteiger partial charge in [0.1, 0.15) is 18.5 Å². The molecule has 1 unspecified atom stereocenters. The zero-order valence-electron chi connectivity index (χ0n) is 18.9. The molecule has 1 heterocycles. The SMILES string of the molecule is CCCCCCCc1ccc(-c2ccc(OC(C)COC(=O)CCCC)cc2)nc1. The summed E-state index contributed by atoms with van der Waals surface area (Å²) in [6.07, 6.45) is 11.7. The van der Waals surface area contributed by atoms with Gasteiger partial charge in [-0.15, -0.1) is 0 Å². The summed E-state index contributed by atoms with van der Waals surface area (Å²) in [6.45, 7) is 6.48. The number of esters is 1. The van der Waals surface area contributed by atoms with Crippen molar-refractivity contribution in [2.24, 2.45) is 0 Å². The number of nitrogens with zero attached hydrogens (tertiary/aromatic N) is 1. The summed E-state index contributed by atoms with van der Waals surface area (Å²) in [4.78, 5) is 16.2. The third-order valence-corrected chi connectivity index (χ3v) is 5.09. The van der Waals surface area contributed by atoms with Crippen LogP contribution in [0.15, 0.2) is 42.6 Å². The Morgan fingerprint density at radius 3 is 2.33 bits per heavy atom. The van der Waals surface area contributed by atoms with Crippen LogP contribution < -0.4 is 4.74 Å². The monoisotopic (exact) mass is 411 g/mol. The van der Waals surface area contributed by atoms with Crippen molar-refractivity contribution in [2.45, 2.75) is 84.7 Å². The molecule has 0 aliphatic heterocycles. The molecule has 0 bridgehead atoms. The molecular weight excluding hydrogens is 374 g/mol. The number of hydrogen-bond acceptors (Lipinski definition) is 4. The molecule has 4 nitrogen and oxygen atoms in total. The molecule has 0 aliphatic carbocycles. The minimum atomic E-state index is -0.184. The number of carbonyl (C=O) groups excluding carboxylic acids is 1. The Morgan fingerprint density at radius 2 is 1.67 bits per heavy atom. The Balaban J connectivity index is 1.78. The molecule has 1 atom stereocenters. The zero-order chi connectivity index (χ0) is 21.6. The molecule has 0 saturated heterocycles. The third-order valence-electron chi connectivity index (χ3n) is 5.09. The van der Waals surface area contributed by atoms with Crippen LogP contribution in [0.25, 0.3) is 11.3 Å². The highest BCUT2D eigenvalue weighted by molar-refractivity contribution is 5.69. The molecule has 0 fully saturated rings. The number of hydrogen-bond donors (Lipinski definition) is 0. The molecule has 4 heteroatoms. The summed E-state index contributed by atoms with van der Waals surface area (Å²) in [6, 6.07) is 12.2. The maximum absolute atomic E-state index is 11.6. The topological polar surface area (TPSA) is 48.4 Å². The van der Waals surface area contributed by atoms with E-state index in [4.69, 9.17) is 9.47 Å². The van der Waals surface area contributed by atoms with Gasteiger partial charge in [-0.05, 0) is 62.1 Å². The van der Waals surface area contributed by atoms with Gasteiger partial charge in [0.05, 0.1) is 5.69 Å². The fourth-order valence-electron chi connectivity index (χ4n) is 3.25. The first-order valence-corrected chi connectivity index (χ1v) is 11.5. The molecule has 0 aliphatic rings. The molecule has 1 aromatic heterocycles. The highest BCUT2D eigenvalue weighted by Crippen LogP contribution is 2.22. The fraction of sp³-hybridized carbons (Fsp3) is 0.538. The van der Waals surface area contributed by atoms with E-state index in [0.29, 0.717) is 6.42 Å². The largest absolute Gasteiger partial charge is 0.487 e. The quantitative estimate of drug-likeness (QED) is 0.254. The summed E-state index contributed by atoms with van der Waals surface area (Å²) in [5.41, 5.74) is 3.34. The van der Waals surface area contributed by atoms with Crippen LogP contribution >= 0.6 is 0 Å². The van der Waals surface area contributed by atoms with Crippen molar-refractivity contribution in [1.82, 2.24) is 4.98 Å². The van der Waals surface area contributed by atoms with Gasteiger partial charge in [0, 0.05) is 18.2 Å². The number of aromatic nitrogens is 1. The van der Waals surface area contributed by atoms with Crippen LogP contribution in [-0.2, 0) is 16.0 Å². The second kappa shape index (κ2) is 13.8. The normalized spacial score (nSPS) is 11.8. The lowest BCUT2D eigenvalue weighted by atomic mass is 10.1. The summed E-state index contributed by atoms with van der Waals surface area (Å²) >= 11 is 0. The van der Waals surface area contributed by atoms with Crippen molar-refractivity contribution in [3.8, 4) is 17.0 Å². The number of ether oxygens (including phenoxy) is 2. The number of benzene rings is 1. The van der Waals surface area contributed by atoms with Gasteiger partial charge in [-0.3, -0.25) is 9.78 Å². The Morgan fingerprint density at radius 1 is 0.933 bits per heavy atom. The van der Waals surface area contributed by atoms with Gasteiger partial charge in [0.25, 0.3) is 0 Å². The molecule has 0 radical (unpaired) electrons. The zero-order valence-corrected chi connectivity index (χ0v) is 18.9. The molecule has 0 spiro atoms. The van der Waals surface area contributed by atoms with Crippen LogP contribution in [0, 0.1) is 0 Å². The average Bonchev–Trinajstić information content (AvgIpc) is 2.77. The summed E-state index contributed by atoms with van der Waals surface area (Å²) in [5.74, 6) is 0.609. The number of carbonyl (C=O) groups is 1. The van der Waals surface area contributed by atoms with Crippen LogP contribution in [0.5, 0.6) is 5.75 Å². The molecule has 2 rings (SSSR count). The van der Waals surface area contributed by atoms with Crippen LogP contribution in [0.1, 0.15) is 77.7 Å². The highest BCUT2D eigenvalue weighted by Gasteiger charge is 2.09. The standard InChI is InChI=1S/C26H37NO3/c1-4-6-8-9-10-11-22-13-18-25(27-19-22)23-14-16-24(17-15-23)30-21(3)20-29-26(28)12-7-5-2/h13-19,21H,4-12,20H2,1-3H3. The van der Waals surface area contributed by atoms with E-state index in [1.165, 1.54) is 37.7 Å². The molecule has 30 heavy (non-hydrogen) atoms. The lowest BCUT2D eigenvalue weighted by Gasteiger charge is -2.15. The van der Waals surface area contributed by atoms with Crippen molar-refractivity contribution < 1.29 is 14.3 Å². The molecule has 0 amide bonds. The fourth-order valence-corrected chi connectivity index (χ4v) is 3.25. The van der Waals surface area contributed by atoms with E-state index >= 15 is 0 Å². The van der Waals surface area contributed by atoms with Gasteiger partial charge in [-0.25, -0.2) is 0 Å². The van der Waals surface area contributed by atoms with E-state index in [9.17, 15) is 4.79 Å². The second-order valence-electron chi connectivity index (χ2n) is 7.96. The molecule has 1 aromatic carbocycles. The van der Waals surface area contributed by atoms with Gasteiger partial charge >= 0.3 is 5.97 Å². The average molecular weight is 412 g/mol. The Hall–Kier alpha value is -2.36. The number of aryl methyl sites for hydroxylation is 1. The summed E-state index contributed by atoms with van der Waals surface area (Å²) in [7, 11) is 0. The van der Waals surface area contributed by atoms with Gasteiger partial charge in [-0.2, -0.15) is 0 Å². The first kappa shape index (κ1) is 23.9. The third kappa shape index (κ3) is 8.98. The summed E-state index contributed by atoms with van der Waals surface area (Å²) < 4.78 is 11.1. The van der Waals surface area contributed by atoms with Gasteiger partial charge < -0.3 is 9.47 Å². The molecule has 0 N–H and O–H groups in total. The van der Waals surface area contributed by atoms with Crippen molar-refractivity contribution in [1.29, 1.82) is 0 Å². The van der Waals surface area contributed by atoms with Crippen molar-refractivity contribution in [2.75, 3.05) is 6.61 Å². The lowest BCUT2D eigenvalue weighted by Crippen LogP contribution is -2.21. The smallest absolute Gasteiger partial charge is 0.305 e. The van der Waals surface area contributed by atoms with Crippen molar-refractivity contribution in [3.05, 3.63) is 48.2 Å². The van der Waals surface area contributed by atoms with Gasteiger partial charge in [0.2, 0.25) is 0 Å². The Kier molecular flexibility index (Phi) is 11.0. The molecule has 164 valence electrons. The predicted molar refractivity (Wildman–Crippen MR) is 123 cm³/mol. The van der Waals surface area contributed by atoms with Crippen molar-refractivity contribution >= 4 is 5.97 Å². The van der Waals surface area contributed by atoms with Crippen LogP contribution in [0.3, 0.4) is 0 Å². The maximum atomic E-state index is 11.6. The van der Waals surface area contributed by atoms with E-state index < -0.39 is 0 Å². The minimum Gasteiger partial charge on any atom is -0.487 e. The number of rotatable bonds is 14. The first-order chi connectivity index (χ1) is 14.6. The first-order valence-electron chi connectivity index (χ1n) is 11.5. The Bertz CT molecular complexity index is 725. The van der Waals surface area contributed by atoms with Crippen LogP contribution in [0.4, 0.5) is 0 Å². The Labute approximate surface area is 182 Å².